The Kier molecular flexibility index (Phi) is 6.07. The normalized spacial score (nSPS) is 10.2. The zero-order valence-electron chi connectivity index (χ0n) is 13.6. The fourth-order valence-electron chi connectivity index (χ4n) is 1.85. The monoisotopic (exact) mass is 365 g/mol. The van der Waals surface area contributed by atoms with Crippen LogP contribution >= 0.6 is 11.6 Å². The summed E-state index contributed by atoms with van der Waals surface area (Å²) in [5.41, 5.74) is 0.864. The number of halogens is 1. The van der Waals surface area contributed by atoms with Crippen molar-refractivity contribution in [2.24, 2.45) is 0 Å². The molecule has 3 amide bonds. The lowest BCUT2D eigenvalue weighted by atomic mass is 10.3. The highest BCUT2D eigenvalue weighted by atomic mass is 35.5. The number of carbonyl (C=O) groups excluding carboxylic acids is 3. The van der Waals surface area contributed by atoms with Crippen LogP contribution in [0.15, 0.2) is 24.3 Å². The van der Waals surface area contributed by atoms with Crippen molar-refractivity contribution in [3.05, 3.63) is 40.7 Å². The molecule has 0 unspecified atom stereocenters. The third-order valence-electron chi connectivity index (χ3n) is 2.94. The van der Waals surface area contributed by atoms with Crippen LogP contribution in [-0.2, 0) is 9.53 Å². The number of carbonyl (C=O) groups is 3. The van der Waals surface area contributed by atoms with Gasteiger partial charge in [0.2, 0.25) is 0 Å². The van der Waals surface area contributed by atoms with Crippen molar-refractivity contribution in [3.63, 3.8) is 0 Å². The summed E-state index contributed by atoms with van der Waals surface area (Å²) in [6, 6.07) is 6.12. The summed E-state index contributed by atoms with van der Waals surface area (Å²) in [4.78, 5) is 36.0. The first-order chi connectivity index (χ1) is 11.9. The molecule has 0 aliphatic carbocycles. The minimum atomic E-state index is -0.822. The maximum Gasteiger partial charge on any atom is 0.361 e. The Morgan fingerprint density at radius 1 is 1.28 bits per heavy atom. The Bertz CT molecular complexity index is 805. The predicted molar refractivity (Wildman–Crippen MR) is 88.6 cm³/mol. The number of esters is 1. The van der Waals surface area contributed by atoms with Gasteiger partial charge in [-0.1, -0.05) is 17.7 Å². The molecule has 0 atom stereocenters. The molecule has 2 N–H and O–H groups in total. The van der Waals surface area contributed by atoms with E-state index in [-0.39, 0.29) is 5.69 Å². The molecule has 10 heteroatoms. The van der Waals surface area contributed by atoms with Crippen LogP contribution in [0.5, 0.6) is 0 Å². The number of nitrogens with zero attached hydrogens (tertiary/aromatic N) is 3. The van der Waals surface area contributed by atoms with Gasteiger partial charge in [-0.25, -0.2) is 9.59 Å². The largest absolute Gasteiger partial charge is 0.451 e. The maximum atomic E-state index is 12.0. The first kappa shape index (κ1) is 18.4. The summed E-state index contributed by atoms with van der Waals surface area (Å²) in [7, 11) is 0. The molecule has 1 heterocycles. The summed E-state index contributed by atoms with van der Waals surface area (Å²) in [6.07, 6.45) is 0. The molecule has 0 aliphatic heterocycles. The van der Waals surface area contributed by atoms with E-state index in [1.807, 2.05) is 5.32 Å². The highest BCUT2D eigenvalue weighted by Gasteiger charge is 2.19. The number of aryl methyl sites for hydroxylation is 1. The molecule has 0 aliphatic rings. The average molecular weight is 366 g/mol. The molecular formula is C15H16ClN5O4. The SMILES string of the molecule is CCNC(=O)NC(=O)COC(=O)c1nn(-c2cccc(Cl)c2)nc1C. The number of nitrogens with one attached hydrogen (secondary N) is 2. The van der Waals surface area contributed by atoms with E-state index in [2.05, 4.69) is 15.5 Å². The van der Waals surface area contributed by atoms with Gasteiger partial charge in [0.05, 0.1) is 11.4 Å². The first-order valence-corrected chi connectivity index (χ1v) is 7.73. The predicted octanol–water partition coefficient (Wildman–Crippen LogP) is 1.23. The topological polar surface area (TPSA) is 115 Å². The lowest BCUT2D eigenvalue weighted by Crippen LogP contribution is -2.41. The molecule has 0 saturated heterocycles. The Morgan fingerprint density at radius 2 is 2.04 bits per heavy atom. The van der Waals surface area contributed by atoms with Crippen molar-refractivity contribution in [3.8, 4) is 5.69 Å². The fourth-order valence-corrected chi connectivity index (χ4v) is 2.03. The minimum Gasteiger partial charge on any atom is -0.451 e. The van der Waals surface area contributed by atoms with E-state index in [0.29, 0.717) is 22.9 Å². The van der Waals surface area contributed by atoms with E-state index >= 15 is 0 Å². The molecule has 9 nitrogen and oxygen atoms in total. The van der Waals surface area contributed by atoms with Gasteiger partial charge >= 0.3 is 12.0 Å². The number of imide groups is 1. The van der Waals surface area contributed by atoms with E-state index in [1.165, 1.54) is 4.80 Å². The summed E-state index contributed by atoms with van der Waals surface area (Å²) in [5.74, 6) is -1.57. The van der Waals surface area contributed by atoms with E-state index < -0.39 is 24.5 Å². The van der Waals surface area contributed by atoms with Crippen molar-refractivity contribution in [2.75, 3.05) is 13.2 Å². The quantitative estimate of drug-likeness (QED) is 0.770. The molecule has 1 aromatic carbocycles. The third kappa shape index (κ3) is 5.01. The van der Waals surface area contributed by atoms with E-state index in [1.54, 1.807) is 38.1 Å². The zero-order chi connectivity index (χ0) is 18.4. The maximum absolute atomic E-state index is 12.0. The standard InChI is InChI=1S/C15H16ClN5O4/c1-3-17-15(24)18-12(22)8-25-14(23)13-9(2)19-21(20-13)11-6-4-5-10(16)7-11/h4-7H,3,8H2,1-2H3,(H2,17,18,22,24). The van der Waals surface area contributed by atoms with E-state index in [0.717, 1.165) is 0 Å². The average Bonchev–Trinajstić information content (AvgIpc) is 2.95. The number of benzene rings is 1. The second-order valence-electron chi connectivity index (χ2n) is 4.89. The number of ether oxygens (including phenoxy) is 1. The molecule has 2 aromatic rings. The number of aromatic nitrogens is 3. The van der Waals surface area contributed by atoms with Gasteiger partial charge in [-0.05, 0) is 32.0 Å². The van der Waals surface area contributed by atoms with Crippen molar-refractivity contribution in [2.45, 2.75) is 13.8 Å². The van der Waals surface area contributed by atoms with Gasteiger partial charge in [-0.15, -0.1) is 5.10 Å². The number of hydrogen-bond donors (Lipinski definition) is 2. The lowest BCUT2D eigenvalue weighted by Gasteiger charge is -2.05. The Morgan fingerprint density at radius 3 is 2.72 bits per heavy atom. The van der Waals surface area contributed by atoms with Gasteiger partial charge in [0.1, 0.15) is 0 Å². The molecule has 0 spiro atoms. The van der Waals surface area contributed by atoms with Crippen LogP contribution in [0.2, 0.25) is 5.02 Å². The summed E-state index contributed by atoms with van der Waals surface area (Å²) >= 11 is 5.91. The van der Waals surface area contributed by atoms with E-state index in [9.17, 15) is 14.4 Å². The zero-order valence-corrected chi connectivity index (χ0v) is 14.3. The Hall–Kier alpha value is -2.94. The van der Waals surface area contributed by atoms with Gasteiger partial charge in [0, 0.05) is 11.6 Å². The highest BCUT2D eigenvalue weighted by molar-refractivity contribution is 6.30. The minimum absolute atomic E-state index is 0.0363. The second kappa shape index (κ2) is 8.25. The fraction of sp³-hybridized carbons (Fsp3) is 0.267. The molecule has 1 aromatic heterocycles. The number of urea groups is 1. The summed E-state index contributed by atoms with van der Waals surface area (Å²) < 4.78 is 4.85. The van der Waals surface area contributed by atoms with Gasteiger partial charge in [-0.3, -0.25) is 10.1 Å². The third-order valence-corrected chi connectivity index (χ3v) is 3.17. The van der Waals surface area contributed by atoms with Gasteiger partial charge in [0.25, 0.3) is 5.91 Å². The molecule has 0 radical (unpaired) electrons. The first-order valence-electron chi connectivity index (χ1n) is 7.35. The van der Waals surface area contributed by atoms with Crippen LogP contribution in [0.3, 0.4) is 0 Å². The molecule has 2 rings (SSSR count). The Balaban J connectivity index is 2.00. The molecule has 0 bridgehead atoms. The van der Waals surface area contributed by atoms with Crippen LogP contribution in [0, 0.1) is 6.92 Å². The Labute approximate surface area is 148 Å². The molecular weight excluding hydrogens is 350 g/mol. The summed E-state index contributed by atoms with van der Waals surface area (Å²) in [6.45, 7) is 3.04. The van der Waals surface area contributed by atoms with Crippen molar-refractivity contribution in [1.29, 1.82) is 0 Å². The van der Waals surface area contributed by atoms with Crippen LogP contribution in [0.4, 0.5) is 4.79 Å². The number of amides is 3. The van der Waals surface area contributed by atoms with Crippen LogP contribution in [0.1, 0.15) is 23.1 Å². The second-order valence-corrected chi connectivity index (χ2v) is 5.32. The molecule has 132 valence electrons. The molecule has 25 heavy (non-hydrogen) atoms. The molecule has 0 saturated carbocycles. The van der Waals surface area contributed by atoms with Gasteiger partial charge in [-0.2, -0.15) is 9.90 Å². The van der Waals surface area contributed by atoms with E-state index in [4.69, 9.17) is 16.3 Å². The van der Waals surface area contributed by atoms with Crippen molar-refractivity contribution < 1.29 is 19.1 Å². The van der Waals surface area contributed by atoms with Crippen molar-refractivity contribution in [1.82, 2.24) is 25.6 Å². The summed E-state index contributed by atoms with van der Waals surface area (Å²) in [5, 5.41) is 13.1. The smallest absolute Gasteiger partial charge is 0.361 e. The van der Waals surface area contributed by atoms with Crippen LogP contribution in [-0.4, -0.2) is 46.1 Å². The molecule has 0 fully saturated rings. The van der Waals surface area contributed by atoms with Crippen LogP contribution in [0.25, 0.3) is 5.69 Å². The lowest BCUT2D eigenvalue weighted by molar-refractivity contribution is -0.123. The van der Waals surface area contributed by atoms with Gasteiger partial charge < -0.3 is 10.1 Å². The van der Waals surface area contributed by atoms with Crippen LogP contribution < -0.4 is 10.6 Å². The van der Waals surface area contributed by atoms with Crippen molar-refractivity contribution >= 4 is 29.5 Å². The van der Waals surface area contributed by atoms with Gasteiger partial charge in [0.15, 0.2) is 12.3 Å². The number of rotatable bonds is 5. The number of hydrogen-bond acceptors (Lipinski definition) is 6. The highest BCUT2D eigenvalue weighted by Crippen LogP contribution is 2.14.